The molecule has 136 valence electrons. The van der Waals surface area contributed by atoms with Gasteiger partial charge in [-0.25, -0.2) is 17.8 Å². The second-order valence-corrected chi connectivity index (χ2v) is 7.12. The van der Waals surface area contributed by atoms with Gasteiger partial charge in [0.1, 0.15) is 17.2 Å². The molecule has 1 aromatic carbocycles. The van der Waals surface area contributed by atoms with Crippen LogP contribution < -0.4 is 15.7 Å². The third kappa shape index (κ3) is 3.09. The summed E-state index contributed by atoms with van der Waals surface area (Å²) in [6, 6.07) is 3.86. The molecule has 0 radical (unpaired) electrons. The lowest BCUT2D eigenvalue weighted by molar-refractivity contribution is 0.0944. The van der Waals surface area contributed by atoms with Crippen molar-refractivity contribution >= 4 is 26.8 Å². The lowest BCUT2D eigenvalue weighted by Crippen LogP contribution is -2.43. The van der Waals surface area contributed by atoms with Gasteiger partial charge in [0.05, 0.1) is 5.52 Å². The number of carbonyl (C=O) groups excluding carboxylic acids is 1. The molecule has 0 fully saturated rings. The molecule has 3 aromatic rings. The van der Waals surface area contributed by atoms with Crippen molar-refractivity contribution in [1.82, 2.24) is 24.8 Å². The smallest absolute Gasteiger partial charge is 0.276 e. The summed E-state index contributed by atoms with van der Waals surface area (Å²) < 4.78 is 39.4. The zero-order valence-electron chi connectivity index (χ0n) is 13.7. The van der Waals surface area contributed by atoms with Gasteiger partial charge in [-0.1, -0.05) is 6.07 Å². The average Bonchev–Trinajstić information content (AvgIpc) is 2.94. The summed E-state index contributed by atoms with van der Waals surface area (Å²) in [5.74, 6) is -1.17. The lowest BCUT2D eigenvalue weighted by atomic mass is 10.1. The Balaban J connectivity index is 1.86. The molecule has 9 nitrogen and oxygen atoms in total. The van der Waals surface area contributed by atoms with Crippen LogP contribution in [0.25, 0.3) is 10.9 Å². The number of rotatable bonds is 4. The molecule has 0 spiro atoms. The van der Waals surface area contributed by atoms with Gasteiger partial charge in [-0.15, -0.1) is 4.83 Å². The number of nitrogens with one attached hydrogen (secondary N) is 3. The molecule has 3 rings (SSSR count). The predicted octanol–water partition coefficient (Wildman–Crippen LogP) is 0.332. The van der Waals surface area contributed by atoms with Crippen molar-refractivity contribution in [2.45, 2.75) is 11.9 Å². The van der Waals surface area contributed by atoms with E-state index in [1.807, 2.05) is 10.3 Å². The van der Waals surface area contributed by atoms with E-state index in [4.69, 9.17) is 0 Å². The summed E-state index contributed by atoms with van der Waals surface area (Å²) in [5, 5.41) is -0.312. The highest BCUT2D eigenvalue weighted by atomic mass is 32.2. The maximum atomic E-state index is 13.7. The van der Waals surface area contributed by atoms with Crippen molar-refractivity contribution in [1.29, 1.82) is 0 Å². The van der Waals surface area contributed by atoms with Crippen molar-refractivity contribution in [3.05, 3.63) is 58.0 Å². The molecule has 2 aromatic heterocycles. The van der Waals surface area contributed by atoms with Gasteiger partial charge in [0.25, 0.3) is 15.9 Å². The van der Waals surface area contributed by atoms with Gasteiger partial charge < -0.3 is 9.55 Å². The highest BCUT2D eigenvalue weighted by Crippen LogP contribution is 2.12. The van der Waals surface area contributed by atoms with Crippen LogP contribution >= 0.6 is 0 Å². The van der Waals surface area contributed by atoms with Gasteiger partial charge in [-0.05, 0) is 19.1 Å². The number of halogens is 1. The molecule has 3 N–H and O–H groups in total. The number of pyridine rings is 1. The van der Waals surface area contributed by atoms with Crippen LogP contribution in [-0.4, -0.2) is 28.9 Å². The van der Waals surface area contributed by atoms with E-state index >= 15 is 0 Å². The first-order chi connectivity index (χ1) is 12.2. The number of H-pyrrole nitrogens is 1. The number of aromatic amines is 1. The SMILES string of the molecule is Cc1nc(S(=O)(=O)NNC(=O)c2c[nH]c3c(F)cccc3c2=O)cn1C. The summed E-state index contributed by atoms with van der Waals surface area (Å²) in [6.45, 7) is 1.62. The fraction of sp³-hybridized carbons (Fsp3) is 0.133. The minimum atomic E-state index is -4.11. The van der Waals surface area contributed by atoms with Gasteiger partial charge in [0.15, 0.2) is 5.03 Å². The average molecular weight is 379 g/mol. The first-order valence-electron chi connectivity index (χ1n) is 7.33. The van der Waals surface area contributed by atoms with Crippen LogP contribution in [0.3, 0.4) is 0 Å². The van der Waals surface area contributed by atoms with Crippen molar-refractivity contribution < 1.29 is 17.6 Å². The summed E-state index contributed by atoms with van der Waals surface area (Å²) in [4.78, 5) is 32.7. The fourth-order valence-electron chi connectivity index (χ4n) is 2.27. The van der Waals surface area contributed by atoms with Crippen molar-refractivity contribution in [3.8, 4) is 0 Å². The molecule has 0 unspecified atom stereocenters. The van der Waals surface area contributed by atoms with Crippen molar-refractivity contribution in [2.75, 3.05) is 0 Å². The fourth-order valence-corrected chi connectivity index (χ4v) is 3.15. The highest BCUT2D eigenvalue weighted by Gasteiger charge is 2.21. The quantitative estimate of drug-likeness (QED) is 0.563. The molecule has 0 saturated carbocycles. The number of hydrogen-bond acceptors (Lipinski definition) is 5. The highest BCUT2D eigenvalue weighted by molar-refractivity contribution is 7.89. The maximum Gasteiger partial charge on any atom is 0.276 e. The van der Waals surface area contributed by atoms with Crippen LogP contribution in [0, 0.1) is 12.7 Å². The normalized spacial score (nSPS) is 11.7. The van der Waals surface area contributed by atoms with E-state index in [0.29, 0.717) is 5.82 Å². The summed E-state index contributed by atoms with van der Waals surface area (Å²) in [7, 11) is -2.49. The van der Waals surface area contributed by atoms with E-state index in [2.05, 4.69) is 9.97 Å². The van der Waals surface area contributed by atoms with Crippen LogP contribution in [0.5, 0.6) is 0 Å². The van der Waals surface area contributed by atoms with Crippen LogP contribution in [0.4, 0.5) is 4.39 Å². The van der Waals surface area contributed by atoms with Crippen molar-refractivity contribution in [2.24, 2.45) is 7.05 Å². The second-order valence-electron chi connectivity index (χ2n) is 5.49. The number of imidazole rings is 1. The number of carbonyl (C=O) groups is 1. The maximum absolute atomic E-state index is 13.7. The molecule has 0 aliphatic heterocycles. The van der Waals surface area contributed by atoms with E-state index < -0.39 is 27.2 Å². The minimum Gasteiger partial charge on any atom is -0.358 e. The van der Waals surface area contributed by atoms with E-state index in [1.54, 1.807) is 14.0 Å². The number of hydrogen-bond donors (Lipinski definition) is 3. The van der Waals surface area contributed by atoms with Crippen molar-refractivity contribution in [3.63, 3.8) is 0 Å². The van der Waals surface area contributed by atoms with Gasteiger partial charge in [0, 0.05) is 24.8 Å². The topological polar surface area (TPSA) is 126 Å². The molecule has 0 atom stereocenters. The Morgan fingerprint density at radius 2 is 2.08 bits per heavy atom. The van der Waals surface area contributed by atoms with Crippen LogP contribution in [-0.2, 0) is 17.1 Å². The number of aryl methyl sites for hydroxylation is 2. The number of benzene rings is 1. The Hall–Kier alpha value is -3.05. The number of hydrazine groups is 1. The third-order valence-corrected chi connectivity index (χ3v) is 4.89. The second kappa shape index (κ2) is 6.35. The lowest BCUT2D eigenvalue weighted by Gasteiger charge is -2.07. The molecule has 2 heterocycles. The monoisotopic (exact) mass is 379 g/mol. The Morgan fingerprint density at radius 1 is 1.35 bits per heavy atom. The van der Waals surface area contributed by atoms with Gasteiger partial charge in [-0.3, -0.25) is 15.0 Å². The van der Waals surface area contributed by atoms with Gasteiger partial charge >= 0.3 is 0 Å². The number of amides is 1. The Morgan fingerprint density at radius 3 is 2.73 bits per heavy atom. The van der Waals surface area contributed by atoms with E-state index in [0.717, 1.165) is 6.20 Å². The number of sulfonamides is 1. The molecule has 26 heavy (non-hydrogen) atoms. The minimum absolute atomic E-state index is 0.0270. The van der Waals surface area contributed by atoms with E-state index in [9.17, 15) is 22.4 Å². The third-order valence-electron chi connectivity index (χ3n) is 3.77. The van der Waals surface area contributed by atoms with Crippen LogP contribution in [0.2, 0.25) is 0 Å². The first kappa shape index (κ1) is 17.8. The Bertz CT molecular complexity index is 1160. The number of aromatic nitrogens is 3. The molecular weight excluding hydrogens is 365 g/mol. The molecule has 0 bridgehead atoms. The summed E-state index contributed by atoms with van der Waals surface area (Å²) in [5.41, 5.74) is 0.799. The zero-order chi connectivity index (χ0) is 19.1. The number of fused-ring (bicyclic) bond motifs is 1. The van der Waals surface area contributed by atoms with Crippen LogP contribution in [0.15, 0.2) is 40.4 Å². The summed E-state index contributed by atoms with van der Waals surface area (Å²) in [6.07, 6.45) is 2.29. The van der Waals surface area contributed by atoms with Gasteiger partial charge in [0.2, 0.25) is 5.43 Å². The number of para-hydroxylation sites is 1. The molecule has 0 saturated heterocycles. The molecule has 0 aliphatic carbocycles. The van der Waals surface area contributed by atoms with E-state index in [-0.39, 0.29) is 21.5 Å². The Labute approximate surface area is 146 Å². The summed E-state index contributed by atoms with van der Waals surface area (Å²) >= 11 is 0. The Kier molecular flexibility index (Phi) is 4.34. The zero-order valence-corrected chi connectivity index (χ0v) is 14.5. The predicted molar refractivity (Wildman–Crippen MR) is 90.3 cm³/mol. The van der Waals surface area contributed by atoms with Crippen LogP contribution in [0.1, 0.15) is 16.2 Å². The largest absolute Gasteiger partial charge is 0.358 e. The molecular formula is C15H14FN5O4S. The molecule has 1 amide bonds. The molecule has 11 heteroatoms. The van der Waals surface area contributed by atoms with Gasteiger partial charge in [-0.2, -0.15) is 0 Å². The molecule has 0 aliphatic rings. The van der Waals surface area contributed by atoms with E-state index in [1.165, 1.54) is 29.0 Å². The first-order valence-corrected chi connectivity index (χ1v) is 8.81. The standard InChI is InChI=1S/C15H14FN5O4S/c1-8-18-12(7-21(8)2)26(24,25)20-19-15(23)10-6-17-13-9(14(10)22)4-3-5-11(13)16/h3-7,20H,1-2H3,(H,17,22)(H,19,23). The number of nitrogens with zero attached hydrogens (tertiary/aromatic N) is 2.